The molecule has 1 aliphatic heterocycles. The molecule has 1 fully saturated rings. The van der Waals surface area contributed by atoms with Crippen molar-refractivity contribution in [2.24, 2.45) is 5.28 Å². The first kappa shape index (κ1) is 13.8. The van der Waals surface area contributed by atoms with Gasteiger partial charge < -0.3 is 14.9 Å². The fourth-order valence-electron chi connectivity index (χ4n) is 1.94. The number of anilines is 1. The quantitative estimate of drug-likeness (QED) is 0.271. The maximum atomic E-state index is 11.6. The molecule has 1 heterocycles. The van der Waals surface area contributed by atoms with Crippen molar-refractivity contribution >= 4 is 17.4 Å². The number of piperazine rings is 1. The van der Waals surface area contributed by atoms with Crippen LogP contribution >= 0.6 is 11.8 Å². The molecule has 6 nitrogen and oxygen atoms in total. The molecule has 0 aliphatic carbocycles. The van der Waals surface area contributed by atoms with Crippen LogP contribution in [0.4, 0.5) is 5.69 Å². The standard InChI is InChI=1S/C12H18N4O2S/c1-19-11-18-13-16(17)15-9-7-14(8-10-15)12-5-3-2-4-6-12/h2-6H,7-11H2,1H3/b16-13-. The molecule has 0 bridgehead atoms. The molecule has 0 aromatic heterocycles. The monoisotopic (exact) mass is 282 g/mol. The van der Waals surface area contributed by atoms with Gasteiger partial charge in [0.15, 0.2) is 5.94 Å². The Bertz CT molecular complexity index is 407. The molecule has 1 aromatic carbocycles. The van der Waals surface area contributed by atoms with Gasteiger partial charge in [0, 0.05) is 18.8 Å². The van der Waals surface area contributed by atoms with Crippen molar-refractivity contribution in [3.63, 3.8) is 0 Å². The second-order valence-corrected chi connectivity index (χ2v) is 4.96. The highest BCUT2D eigenvalue weighted by molar-refractivity contribution is 7.98. The largest absolute Gasteiger partial charge is 0.569 e. The maximum Gasteiger partial charge on any atom is 0.234 e. The lowest BCUT2D eigenvalue weighted by Crippen LogP contribution is -2.48. The summed E-state index contributed by atoms with van der Waals surface area (Å²) in [4.78, 5) is 7.67. The van der Waals surface area contributed by atoms with E-state index in [1.807, 2.05) is 24.5 Å². The van der Waals surface area contributed by atoms with Gasteiger partial charge in [-0.25, -0.2) is 0 Å². The van der Waals surface area contributed by atoms with E-state index in [9.17, 15) is 5.21 Å². The van der Waals surface area contributed by atoms with Crippen molar-refractivity contribution in [2.75, 3.05) is 43.3 Å². The van der Waals surface area contributed by atoms with E-state index in [2.05, 4.69) is 22.3 Å². The zero-order valence-electron chi connectivity index (χ0n) is 10.9. The van der Waals surface area contributed by atoms with Crippen LogP contribution in [0, 0.1) is 5.21 Å². The second kappa shape index (κ2) is 7.08. The van der Waals surface area contributed by atoms with E-state index in [0.717, 1.165) is 13.1 Å². The molecule has 0 saturated carbocycles. The van der Waals surface area contributed by atoms with E-state index in [0.29, 0.717) is 24.0 Å². The summed E-state index contributed by atoms with van der Waals surface area (Å²) in [6.45, 7) is 2.90. The topological polar surface area (TPSA) is 54.1 Å². The average Bonchev–Trinajstić information content (AvgIpc) is 2.48. The molecule has 0 amide bonds. The number of para-hydroxylation sites is 1. The molecular weight excluding hydrogens is 264 g/mol. The number of nitrogens with zero attached hydrogens (tertiary/aromatic N) is 4. The fraction of sp³-hybridized carbons (Fsp3) is 0.500. The third kappa shape index (κ3) is 3.92. The number of hydrogen-bond acceptors (Lipinski definition) is 5. The molecular formula is C12H18N4O2S. The van der Waals surface area contributed by atoms with Crippen molar-refractivity contribution in [3.8, 4) is 0 Å². The van der Waals surface area contributed by atoms with Gasteiger partial charge in [0.2, 0.25) is 5.28 Å². The summed E-state index contributed by atoms with van der Waals surface area (Å²) in [5, 5.41) is 16.8. The van der Waals surface area contributed by atoms with Crippen molar-refractivity contribution in [1.29, 1.82) is 0 Å². The van der Waals surface area contributed by atoms with Crippen LogP contribution in [0.5, 0.6) is 0 Å². The highest BCUT2D eigenvalue weighted by Crippen LogP contribution is 2.15. The molecule has 104 valence electrons. The fourth-order valence-corrected chi connectivity index (χ4v) is 2.09. The summed E-state index contributed by atoms with van der Waals surface area (Å²) < 4.78 is 0. The van der Waals surface area contributed by atoms with Crippen LogP contribution in [-0.4, -0.2) is 48.4 Å². The van der Waals surface area contributed by atoms with Gasteiger partial charge in [0.25, 0.3) is 0 Å². The summed E-state index contributed by atoms with van der Waals surface area (Å²) >= 11 is 1.48. The van der Waals surface area contributed by atoms with Crippen LogP contribution in [0.2, 0.25) is 0 Å². The molecule has 0 N–H and O–H groups in total. The van der Waals surface area contributed by atoms with E-state index < -0.39 is 0 Å². The normalized spacial score (nSPS) is 16.6. The minimum Gasteiger partial charge on any atom is -0.569 e. The van der Waals surface area contributed by atoms with Gasteiger partial charge in [-0.05, 0) is 18.4 Å². The van der Waals surface area contributed by atoms with Gasteiger partial charge >= 0.3 is 0 Å². The summed E-state index contributed by atoms with van der Waals surface area (Å²) in [5.41, 5.74) is 1.19. The Balaban J connectivity index is 1.84. The predicted octanol–water partition coefficient (Wildman–Crippen LogP) is 1.94. The van der Waals surface area contributed by atoms with Gasteiger partial charge in [-0.15, -0.1) is 16.8 Å². The summed E-state index contributed by atoms with van der Waals surface area (Å²) in [6, 6.07) is 10.2. The number of hydrogen-bond donors (Lipinski definition) is 0. The van der Waals surface area contributed by atoms with E-state index in [4.69, 9.17) is 4.84 Å². The van der Waals surface area contributed by atoms with Crippen LogP contribution in [0.3, 0.4) is 0 Å². The Labute approximate surface area is 117 Å². The average molecular weight is 282 g/mol. The van der Waals surface area contributed by atoms with Crippen molar-refractivity contribution in [3.05, 3.63) is 35.5 Å². The molecule has 2 rings (SSSR count). The SMILES string of the molecule is CSCO/N=[N+](\[O-])N1CCN(c2ccccc2)CC1. The van der Waals surface area contributed by atoms with Crippen LogP contribution in [0.15, 0.2) is 35.6 Å². The summed E-state index contributed by atoms with van der Waals surface area (Å²) in [5.74, 6) is 0.392. The number of thioether (sulfide) groups is 1. The van der Waals surface area contributed by atoms with E-state index in [-0.39, 0.29) is 0 Å². The maximum absolute atomic E-state index is 11.6. The molecule has 0 radical (unpaired) electrons. The van der Waals surface area contributed by atoms with Gasteiger partial charge in [-0.1, -0.05) is 18.2 Å². The van der Waals surface area contributed by atoms with Crippen LogP contribution < -0.4 is 4.90 Å². The molecule has 7 heteroatoms. The zero-order valence-corrected chi connectivity index (χ0v) is 11.8. The minimum absolute atomic E-state index is 0.392. The minimum atomic E-state index is 0.392. The van der Waals surface area contributed by atoms with Gasteiger partial charge in [0.1, 0.15) is 0 Å². The smallest absolute Gasteiger partial charge is 0.234 e. The Morgan fingerprint density at radius 3 is 2.58 bits per heavy atom. The first-order chi connectivity index (χ1) is 9.31. The summed E-state index contributed by atoms with van der Waals surface area (Å²) in [6.07, 6.45) is 1.89. The van der Waals surface area contributed by atoms with E-state index >= 15 is 0 Å². The molecule has 0 atom stereocenters. The molecule has 0 unspecified atom stereocenters. The molecule has 0 spiro atoms. The molecule has 1 aromatic rings. The van der Waals surface area contributed by atoms with Crippen molar-refractivity contribution < 1.29 is 9.81 Å². The van der Waals surface area contributed by atoms with Gasteiger partial charge in [-0.3, -0.25) is 0 Å². The van der Waals surface area contributed by atoms with Crippen LogP contribution in [0.1, 0.15) is 0 Å². The molecule has 1 aliphatic rings. The van der Waals surface area contributed by atoms with Crippen molar-refractivity contribution in [2.45, 2.75) is 0 Å². The molecule has 1 saturated heterocycles. The lowest BCUT2D eigenvalue weighted by atomic mass is 10.2. The third-order valence-electron chi connectivity index (χ3n) is 2.92. The van der Waals surface area contributed by atoms with Gasteiger partial charge in [0.05, 0.1) is 18.1 Å². The number of rotatable bonds is 5. The lowest BCUT2D eigenvalue weighted by Gasteiger charge is -2.32. The van der Waals surface area contributed by atoms with E-state index in [1.165, 1.54) is 17.4 Å². The Kier molecular flexibility index (Phi) is 5.14. The van der Waals surface area contributed by atoms with Crippen molar-refractivity contribution in [1.82, 2.24) is 5.01 Å². The zero-order chi connectivity index (χ0) is 13.5. The number of hydrazine groups is 1. The highest BCUT2D eigenvalue weighted by Gasteiger charge is 2.22. The Hall–Kier alpha value is -1.63. The van der Waals surface area contributed by atoms with Crippen LogP contribution in [-0.2, 0) is 4.84 Å². The number of benzene rings is 1. The molecule has 19 heavy (non-hydrogen) atoms. The second-order valence-electron chi connectivity index (χ2n) is 4.15. The van der Waals surface area contributed by atoms with Crippen LogP contribution in [0.25, 0.3) is 0 Å². The highest BCUT2D eigenvalue weighted by atomic mass is 32.2. The predicted molar refractivity (Wildman–Crippen MR) is 75.8 cm³/mol. The first-order valence-electron chi connectivity index (χ1n) is 6.15. The van der Waals surface area contributed by atoms with E-state index in [1.54, 1.807) is 5.01 Å². The third-order valence-corrected chi connectivity index (χ3v) is 3.26. The summed E-state index contributed by atoms with van der Waals surface area (Å²) in [7, 11) is 0. The first-order valence-corrected chi connectivity index (χ1v) is 7.54. The van der Waals surface area contributed by atoms with Gasteiger partial charge in [-0.2, -0.15) is 0 Å². The Morgan fingerprint density at radius 2 is 1.95 bits per heavy atom. The Morgan fingerprint density at radius 1 is 1.26 bits per heavy atom. The lowest BCUT2D eigenvalue weighted by molar-refractivity contribution is -0.710.